The van der Waals surface area contributed by atoms with E-state index in [0.29, 0.717) is 6.54 Å². The molecule has 0 saturated carbocycles. The molecule has 1 aliphatic carbocycles. The van der Waals surface area contributed by atoms with Gasteiger partial charge in [-0.25, -0.2) is 4.98 Å². The van der Waals surface area contributed by atoms with Gasteiger partial charge in [0.05, 0.1) is 23.4 Å². The second kappa shape index (κ2) is 4.97. The number of carbonyl (C=O) groups is 1. The maximum Gasteiger partial charge on any atom is 0.193 e. The van der Waals surface area contributed by atoms with Gasteiger partial charge in [-0.2, -0.15) is 0 Å². The van der Waals surface area contributed by atoms with Crippen molar-refractivity contribution in [2.75, 3.05) is 0 Å². The molecule has 0 aromatic carbocycles. The first-order chi connectivity index (χ1) is 8.75. The van der Waals surface area contributed by atoms with Gasteiger partial charge >= 0.3 is 0 Å². The smallest absolute Gasteiger partial charge is 0.193 e. The quantitative estimate of drug-likeness (QED) is 0.810. The summed E-state index contributed by atoms with van der Waals surface area (Å²) in [5.41, 5.74) is 2.43. The Bertz CT molecular complexity index is 588. The van der Waals surface area contributed by atoms with Gasteiger partial charge in [0.15, 0.2) is 5.78 Å². The molecule has 2 aromatic rings. The van der Waals surface area contributed by atoms with Crippen LogP contribution < -0.4 is 0 Å². The number of halogens is 1. The number of imidazole rings is 1. The molecule has 0 atom stereocenters. The van der Waals surface area contributed by atoms with Crippen molar-refractivity contribution < 1.29 is 4.79 Å². The van der Waals surface area contributed by atoms with Crippen LogP contribution >= 0.6 is 27.3 Å². The second-order valence-electron chi connectivity index (χ2n) is 4.49. The number of fused-ring (bicyclic) bond motifs is 1. The lowest BCUT2D eigenvalue weighted by Crippen LogP contribution is -2.14. The van der Waals surface area contributed by atoms with Gasteiger partial charge in [0.25, 0.3) is 0 Å². The fourth-order valence-electron chi connectivity index (χ4n) is 2.39. The Kier molecular flexibility index (Phi) is 3.35. The van der Waals surface area contributed by atoms with E-state index in [1.165, 1.54) is 35.6 Å². The average Bonchev–Trinajstić information content (AvgIpc) is 2.97. The molecule has 0 saturated heterocycles. The second-order valence-corrected chi connectivity index (χ2v) is 6.26. The van der Waals surface area contributed by atoms with Gasteiger partial charge in [-0.05, 0) is 53.1 Å². The summed E-state index contributed by atoms with van der Waals surface area (Å²) < 4.78 is 2.91. The molecule has 0 bridgehead atoms. The van der Waals surface area contributed by atoms with Crippen molar-refractivity contribution in [2.24, 2.45) is 0 Å². The first kappa shape index (κ1) is 12.1. The minimum atomic E-state index is 0.155. The van der Waals surface area contributed by atoms with Gasteiger partial charge in [-0.3, -0.25) is 4.79 Å². The Morgan fingerprint density at radius 3 is 3.06 bits per heavy atom. The van der Waals surface area contributed by atoms with E-state index in [1.54, 1.807) is 0 Å². The van der Waals surface area contributed by atoms with Crippen molar-refractivity contribution in [2.45, 2.75) is 32.2 Å². The van der Waals surface area contributed by atoms with Crippen LogP contribution in [0.2, 0.25) is 0 Å². The van der Waals surface area contributed by atoms with Gasteiger partial charge in [-0.1, -0.05) is 0 Å². The van der Waals surface area contributed by atoms with Crippen molar-refractivity contribution in [3.05, 3.63) is 38.5 Å². The molecule has 3 rings (SSSR count). The van der Waals surface area contributed by atoms with Crippen LogP contribution in [-0.4, -0.2) is 15.3 Å². The summed E-state index contributed by atoms with van der Waals surface area (Å²) in [4.78, 5) is 17.4. The Labute approximate surface area is 118 Å². The summed E-state index contributed by atoms with van der Waals surface area (Å²) in [5, 5.41) is 1.93. The third-order valence-electron chi connectivity index (χ3n) is 3.29. The molecule has 0 fully saturated rings. The third-order valence-corrected chi connectivity index (χ3v) is 5.17. The molecule has 2 aromatic heterocycles. The van der Waals surface area contributed by atoms with Crippen LogP contribution in [0, 0.1) is 0 Å². The van der Waals surface area contributed by atoms with Crippen LogP contribution in [0.5, 0.6) is 0 Å². The minimum absolute atomic E-state index is 0.155. The predicted octanol–water partition coefficient (Wildman–Crippen LogP) is 3.47. The molecule has 94 valence electrons. The molecular formula is C13H13BrN2OS. The molecule has 0 aliphatic heterocycles. The Hall–Kier alpha value is -0.940. The van der Waals surface area contributed by atoms with Gasteiger partial charge in [0.1, 0.15) is 0 Å². The molecule has 3 nitrogen and oxygen atoms in total. The van der Waals surface area contributed by atoms with Crippen molar-refractivity contribution in [1.29, 1.82) is 0 Å². The van der Waals surface area contributed by atoms with Crippen LogP contribution in [0.4, 0.5) is 0 Å². The number of nitrogens with zero attached hydrogens (tertiary/aromatic N) is 2. The lowest BCUT2D eigenvalue weighted by atomic mass is 10.0. The lowest BCUT2D eigenvalue weighted by molar-refractivity contribution is 0.0974. The highest BCUT2D eigenvalue weighted by atomic mass is 79.9. The molecule has 0 amide bonds. The number of Topliss-reactive ketones (excluding diaryl/α,β-unsaturated/α-hetero) is 1. The zero-order chi connectivity index (χ0) is 12.5. The zero-order valence-electron chi connectivity index (χ0n) is 9.86. The molecule has 5 heteroatoms. The lowest BCUT2D eigenvalue weighted by Gasteiger charge is -2.13. The highest BCUT2D eigenvalue weighted by Gasteiger charge is 2.18. The zero-order valence-corrected chi connectivity index (χ0v) is 12.3. The van der Waals surface area contributed by atoms with Crippen molar-refractivity contribution in [3.63, 3.8) is 0 Å². The summed E-state index contributed by atoms with van der Waals surface area (Å²) in [5.74, 6) is 0.155. The first-order valence-corrected chi connectivity index (χ1v) is 7.72. The van der Waals surface area contributed by atoms with Crippen LogP contribution in [0.25, 0.3) is 0 Å². The molecule has 18 heavy (non-hydrogen) atoms. The summed E-state index contributed by atoms with van der Waals surface area (Å²) in [6.07, 6.45) is 6.34. The number of rotatable bonds is 3. The topological polar surface area (TPSA) is 34.9 Å². The molecule has 0 N–H and O–H groups in total. The first-order valence-electron chi connectivity index (χ1n) is 6.05. The van der Waals surface area contributed by atoms with E-state index >= 15 is 0 Å². The van der Waals surface area contributed by atoms with Crippen molar-refractivity contribution in [1.82, 2.24) is 9.55 Å². The predicted molar refractivity (Wildman–Crippen MR) is 75.2 cm³/mol. The summed E-state index contributed by atoms with van der Waals surface area (Å²) in [7, 11) is 0. The fourth-order valence-corrected chi connectivity index (χ4v) is 3.91. The number of aryl methyl sites for hydroxylation is 1. The molecule has 2 heterocycles. The SMILES string of the molecule is O=C(Cn1cnc2c1CCCC2)c1sccc1Br. The van der Waals surface area contributed by atoms with E-state index in [9.17, 15) is 4.79 Å². The van der Waals surface area contributed by atoms with Crippen LogP contribution in [0.3, 0.4) is 0 Å². The Morgan fingerprint density at radius 2 is 2.28 bits per heavy atom. The van der Waals surface area contributed by atoms with E-state index in [-0.39, 0.29) is 5.78 Å². The number of hydrogen-bond acceptors (Lipinski definition) is 3. The number of carbonyl (C=O) groups excluding carboxylic acids is 1. The van der Waals surface area contributed by atoms with Crippen molar-refractivity contribution >= 4 is 33.0 Å². The van der Waals surface area contributed by atoms with E-state index < -0.39 is 0 Å². The van der Waals surface area contributed by atoms with Crippen molar-refractivity contribution in [3.8, 4) is 0 Å². The monoisotopic (exact) mass is 324 g/mol. The maximum absolute atomic E-state index is 12.2. The molecule has 0 spiro atoms. The van der Waals surface area contributed by atoms with E-state index in [4.69, 9.17) is 0 Å². The normalized spacial score (nSPS) is 14.5. The number of hydrogen-bond donors (Lipinski definition) is 0. The minimum Gasteiger partial charge on any atom is -0.326 e. The standard InChI is InChI=1S/C13H13BrN2OS/c14-9-5-6-18-13(9)12(17)7-16-8-15-10-3-1-2-4-11(10)16/h5-6,8H,1-4,7H2. The average molecular weight is 325 g/mol. The summed E-state index contributed by atoms with van der Waals surface area (Å²) in [6, 6.07) is 1.92. The van der Waals surface area contributed by atoms with E-state index in [0.717, 1.165) is 22.2 Å². The summed E-state index contributed by atoms with van der Waals surface area (Å²) in [6.45, 7) is 0.404. The van der Waals surface area contributed by atoms with Crippen LogP contribution in [0.1, 0.15) is 33.9 Å². The Balaban J connectivity index is 1.83. The molecule has 1 aliphatic rings. The highest BCUT2D eigenvalue weighted by Crippen LogP contribution is 2.25. The molecular weight excluding hydrogens is 312 g/mol. The van der Waals surface area contributed by atoms with Gasteiger partial charge in [0.2, 0.25) is 0 Å². The Morgan fingerprint density at radius 1 is 1.44 bits per heavy atom. The highest BCUT2D eigenvalue weighted by molar-refractivity contribution is 9.10. The third kappa shape index (κ3) is 2.17. The molecule has 0 unspecified atom stereocenters. The van der Waals surface area contributed by atoms with Gasteiger partial charge in [-0.15, -0.1) is 11.3 Å². The fraction of sp³-hybridized carbons (Fsp3) is 0.385. The number of ketones is 1. The summed E-state index contributed by atoms with van der Waals surface area (Å²) >= 11 is 4.90. The number of thiophene rings is 1. The van der Waals surface area contributed by atoms with E-state index in [1.807, 2.05) is 22.3 Å². The maximum atomic E-state index is 12.2. The largest absolute Gasteiger partial charge is 0.326 e. The molecule has 0 radical (unpaired) electrons. The van der Waals surface area contributed by atoms with Crippen LogP contribution in [-0.2, 0) is 19.4 Å². The van der Waals surface area contributed by atoms with E-state index in [2.05, 4.69) is 20.9 Å². The van der Waals surface area contributed by atoms with Crippen LogP contribution in [0.15, 0.2) is 22.2 Å². The van der Waals surface area contributed by atoms with Gasteiger partial charge in [0, 0.05) is 10.2 Å². The number of aromatic nitrogens is 2. The van der Waals surface area contributed by atoms with Gasteiger partial charge < -0.3 is 4.57 Å².